The Bertz CT molecular complexity index is 349. The Balaban J connectivity index is 2.83. The molecule has 0 amide bonds. The molecule has 0 nitrogen and oxygen atoms in total. The Hall–Kier alpha value is -0.690. The molecule has 0 N–H and O–H groups in total. The number of alkyl halides is 3. The monoisotopic (exact) mass is 288 g/mol. The lowest BCUT2D eigenvalue weighted by atomic mass is 9.87. The van der Waals surface area contributed by atoms with Gasteiger partial charge in [0.1, 0.15) is 0 Å². The van der Waals surface area contributed by atoms with Crippen LogP contribution in [0.2, 0.25) is 0 Å². The molecule has 1 aliphatic carbocycles. The fraction of sp³-hybridized carbons (Fsp3) is 0.824. The summed E-state index contributed by atoms with van der Waals surface area (Å²) in [6.07, 6.45) is 2.19. The summed E-state index contributed by atoms with van der Waals surface area (Å²) in [5.41, 5.74) is 3.16. The number of hydrogen-bond acceptors (Lipinski definition) is 0. The maximum Gasteiger partial charge on any atom is 0.419 e. The van der Waals surface area contributed by atoms with E-state index in [-0.39, 0.29) is 6.42 Å². The lowest BCUT2D eigenvalue weighted by Gasteiger charge is -2.20. The summed E-state index contributed by atoms with van der Waals surface area (Å²) in [4.78, 5) is 0. The molecule has 0 heterocycles. The van der Waals surface area contributed by atoms with Gasteiger partial charge in [-0.3, -0.25) is 0 Å². The zero-order valence-electron chi connectivity index (χ0n) is 12.9. The van der Waals surface area contributed by atoms with Crippen molar-refractivity contribution in [3.05, 3.63) is 16.9 Å². The molecule has 116 valence electrons. The molecule has 0 aromatic carbocycles. The minimum atomic E-state index is -4.22. The van der Waals surface area contributed by atoms with Crippen LogP contribution in [0.1, 0.15) is 72.1 Å². The van der Waals surface area contributed by atoms with E-state index in [9.17, 15) is 13.2 Å². The van der Waals surface area contributed by atoms with Gasteiger partial charge >= 0.3 is 6.18 Å². The lowest BCUT2D eigenvalue weighted by molar-refractivity contribution is -0.0943. The molecule has 0 aliphatic heterocycles. The summed E-state index contributed by atoms with van der Waals surface area (Å²) < 4.78 is 39.4. The quantitative estimate of drug-likeness (QED) is 0.511. The van der Waals surface area contributed by atoms with E-state index in [1.54, 1.807) is 0 Å². The molecule has 3 heteroatoms. The first-order chi connectivity index (χ1) is 9.34. The van der Waals surface area contributed by atoms with Crippen LogP contribution < -0.4 is 0 Å². The van der Waals surface area contributed by atoms with Gasteiger partial charge in [-0.25, -0.2) is 0 Å². The Labute approximate surface area is 121 Å². The van der Waals surface area contributed by atoms with E-state index in [4.69, 9.17) is 0 Å². The zero-order chi connectivity index (χ0) is 15.2. The van der Waals surface area contributed by atoms with Crippen LogP contribution in [0.25, 0.3) is 0 Å². The van der Waals surface area contributed by atoms with E-state index in [2.05, 4.69) is 26.5 Å². The van der Waals surface area contributed by atoms with Crippen molar-refractivity contribution in [1.29, 1.82) is 0 Å². The molecule has 0 spiro atoms. The fourth-order valence-corrected chi connectivity index (χ4v) is 2.93. The van der Waals surface area contributed by atoms with Crippen molar-refractivity contribution >= 4 is 0 Å². The Kier molecular flexibility index (Phi) is 6.88. The summed E-state index contributed by atoms with van der Waals surface area (Å²) >= 11 is 0. The maximum absolute atomic E-state index is 13.1. The number of allylic oxidation sites excluding steroid dienone is 1. The van der Waals surface area contributed by atoms with Gasteiger partial charge in [0, 0.05) is 0 Å². The first-order valence-electron chi connectivity index (χ1n) is 7.89. The third-order valence-electron chi connectivity index (χ3n) is 4.36. The molecule has 0 aromatic heterocycles. The van der Waals surface area contributed by atoms with Gasteiger partial charge in [0.2, 0.25) is 0 Å². The Morgan fingerprint density at radius 1 is 1.15 bits per heavy atom. The van der Waals surface area contributed by atoms with Crippen LogP contribution in [0.15, 0.2) is 16.9 Å². The van der Waals surface area contributed by atoms with Crippen molar-refractivity contribution in [3.8, 4) is 0 Å². The van der Waals surface area contributed by atoms with Gasteiger partial charge in [-0.1, -0.05) is 33.6 Å². The topological polar surface area (TPSA) is 0 Å². The second-order valence-corrected chi connectivity index (χ2v) is 6.22. The highest BCUT2D eigenvalue weighted by molar-refractivity contribution is 5.15. The molecule has 0 saturated heterocycles. The van der Waals surface area contributed by atoms with E-state index >= 15 is 0 Å². The predicted octanol–water partition coefficient (Wildman–Crippen LogP) is 6.43. The predicted molar refractivity (Wildman–Crippen MR) is 77.5 cm³/mol. The van der Waals surface area contributed by atoms with Gasteiger partial charge in [-0.05, 0) is 55.9 Å². The molecule has 1 fully saturated rings. The third kappa shape index (κ3) is 5.75. The summed E-state index contributed by atoms with van der Waals surface area (Å²) in [5.74, 6) is 0.808. The van der Waals surface area contributed by atoms with Crippen LogP contribution in [0.5, 0.6) is 0 Å². The molecular formula is C17H27F3. The van der Waals surface area contributed by atoms with Crippen molar-refractivity contribution in [2.24, 2.45) is 11.8 Å². The Morgan fingerprint density at radius 3 is 2.20 bits per heavy atom. The summed E-state index contributed by atoms with van der Waals surface area (Å²) in [7, 11) is 0. The first kappa shape index (κ1) is 17.4. The van der Waals surface area contributed by atoms with Gasteiger partial charge in [-0.2, -0.15) is 13.2 Å². The molecule has 1 aliphatic rings. The van der Waals surface area contributed by atoms with Crippen molar-refractivity contribution < 1.29 is 13.2 Å². The molecule has 0 bridgehead atoms. The highest BCUT2D eigenvalue weighted by Gasteiger charge is 2.34. The van der Waals surface area contributed by atoms with Gasteiger partial charge in [0.15, 0.2) is 0 Å². The van der Waals surface area contributed by atoms with Gasteiger partial charge < -0.3 is 0 Å². The number of halogens is 3. The van der Waals surface area contributed by atoms with Crippen LogP contribution in [0.3, 0.4) is 0 Å². The molecule has 1 unspecified atom stereocenters. The Morgan fingerprint density at radius 2 is 1.75 bits per heavy atom. The third-order valence-corrected chi connectivity index (χ3v) is 4.36. The van der Waals surface area contributed by atoms with E-state index < -0.39 is 11.7 Å². The molecule has 20 heavy (non-hydrogen) atoms. The second-order valence-electron chi connectivity index (χ2n) is 6.22. The normalized spacial score (nSPS) is 18.1. The van der Waals surface area contributed by atoms with E-state index in [0.717, 1.165) is 44.1 Å². The lowest BCUT2D eigenvalue weighted by Crippen LogP contribution is -2.15. The van der Waals surface area contributed by atoms with E-state index in [1.165, 1.54) is 0 Å². The SMILES string of the molecule is CCC(CCC(=C=C1CCCCC1)C(F)(F)F)C(C)C. The first-order valence-corrected chi connectivity index (χ1v) is 7.89. The van der Waals surface area contributed by atoms with Crippen LogP contribution in [0.4, 0.5) is 13.2 Å². The zero-order valence-corrected chi connectivity index (χ0v) is 12.9. The van der Waals surface area contributed by atoms with Gasteiger partial charge in [0.25, 0.3) is 0 Å². The molecule has 1 rings (SSSR count). The number of hydrogen-bond donors (Lipinski definition) is 0. The standard InChI is InChI=1S/C17H27F3/c1-4-15(13(2)3)10-11-16(17(18,19)20)12-14-8-6-5-7-9-14/h13,15H,4-11H2,1-3H3. The smallest absolute Gasteiger partial charge is 0.166 e. The minimum Gasteiger partial charge on any atom is -0.166 e. The summed E-state index contributed by atoms with van der Waals surface area (Å²) in [5, 5.41) is 0. The fourth-order valence-electron chi connectivity index (χ4n) is 2.93. The van der Waals surface area contributed by atoms with Crippen molar-refractivity contribution in [2.75, 3.05) is 0 Å². The van der Waals surface area contributed by atoms with E-state index in [0.29, 0.717) is 18.3 Å². The average molecular weight is 288 g/mol. The molecule has 0 radical (unpaired) electrons. The van der Waals surface area contributed by atoms with Crippen molar-refractivity contribution in [2.45, 2.75) is 78.3 Å². The van der Waals surface area contributed by atoms with Crippen LogP contribution in [0, 0.1) is 11.8 Å². The van der Waals surface area contributed by atoms with Gasteiger partial charge in [0.05, 0.1) is 5.57 Å². The molecular weight excluding hydrogens is 261 g/mol. The summed E-state index contributed by atoms with van der Waals surface area (Å²) in [6, 6.07) is 0. The second kappa shape index (κ2) is 7.93. The molecule has 1 saturated carbocycles. The van der Waals surface area contributed by atoms with Crippen molar-refractivity contribution in [1.82, 2.24) is 0 Å². The van der Waals surface area contributed by atoms with Crippen molar-refractivity contribution in [3.63, 3.8) is 0 Å². The largest absolute Gasteiger partial charge is 0.419 e. The average Bonchev–Trinajstić information content (AvgIpc) is 2.37. The van der Waals surface area contributed by atoms with E-state index in [1.807, 2.05) is 0 Å². The summed E-state index contributed by atoms with van der Waals surface area (Å²) in [6.45, 7) is 6.23. The van der Waals surface area contributed by atoms with Crippen LogP contribution >= 0.6 is 0 Å². The van der Waals surface area contributed by atoms with Crippen LogP contribution in [-0.4, -0.2) is 6.18 Å². The van der Waals surface area contributed by atoms with Crippen LogP contribution in [-0.2, 0) is 0 Å². The minimum absolute atomic E-state index is 0.115. The molecule has 0 aromatic rings. The maximum atomic E-state index is 13.1. The highest BCUT2D eigenvalue weighted by Crippen LogP contribution is 2.33. The number of rotatable bonds is 5. The highest BCUT2D eigenvalue weighted by atomic mass is 19.4. The molecule has 1 atom stereocenters. The van der Waals surface area contributed by atoms with Gasteiger partial charge in [-0.15, -0.1) is 5.73 Å².